The molecule has 1 atom stereocenters. The van der Waals surface area contributed by atoms with Crippen molar-refractivity contribution in [1.82, 2.24) is 9.62 Å². The van der Waals surface area contributed by atoms with Gasteiger partial charge in [-0.1, -0.05) is 34.1 Å². The number of thiophene rings is 1. The highest BCUT2D eigenvalue weighted by molar-refractivity contribution is 9.10. The molecule has 2 heterocycles. The van der Waals surface area contributed by atoms with Crippen LogP contribution in [0.3, 0.4) is 0 Å². The zero-order valence-electron chi connectivity index (χ0n) is 14.1. The third-order valence-electron chi connectivity index (χ3n) is 4.14. The van der Waals surface area contributed by atoms with Gasteiger partial charge in [0, 0.05) is 17.6 Å². The maximum absolute atomic E-state index is 12.9. The number of carbonyl (C=O) groups excluding carboxylic acids is 1. The van der Waals surface area contributed by atoms with Crippen molar-refractivity contribution in [3.63, 3.8) is 0 Å². The molecule has 0 bridgehead atoms. The van der Waals surface area contributed by atoms with Gasteiger partial charge >= 0.3 is 0 Å². The van der Waals surface area contributed by atoms with Crippen LogP contribution in [0.2, 0.25) is 0 Å². The van der Waals surface area contributed by atoms with Crippen LogP contribution in [0.4, 0.5) is 0 Å². The molecular formula is C17H19BrN2O4S2. The van der Waals surface area contributed by atoms with Crippen molar-refractivity contribution in [3.05, 3.63) is 50.6 Å². The van der Waals surface area contributed by atoms with Crippen molar-refractivity contribution in [3.8, 4) is 0 Å². The van der Waals surface area contributed by atoms with Crippen LogP contribution in [0.1, 0.15) is 28.2 Å². The molecule has 0 spiro atoms. The minimum Gasteiger partial charge on any atom is -0.379 e. The standard InChI is InChI=1S/C17H19BrN2O4S2/c1-12(13-4-2-3-5-14(13)18)19-17(21)16-15(6-11-25-16)26(22,23)20-7-9-24-10-8-20/h2-6,11-12H,7-10H2,1H3,(H,19,21). The first-order valence-corrected chi connectivity index (χ1v) is 11.2. The fourth-order valence-electron chi connectivity index (χ4n) is 2.76. The highest BCUT2D eigenvalue weighted by atomic mass is 79.9. The average Bonchev–Trinajstić information content (AvgIpc) is 3.13. The number of hydrogen-bond donors (Lipinski definition) is 1. The van der Waals surface area contributed by atoms with Gasteiger partial charge in [-0.2, -0.15) is 4.31 Å². The Morgan fingerprint density at radius 2 is 1.96 bits per heavy atom. The lowest BCUT2D eigenvalue weighted by Crippen LogP contribution is -2.41. The Labute approximate surface area is 165 Å². The van der Waals surface area contributed by atoms with Crippen LogP contribution in [-0.2, 0) is 14.8 Å². The second-order valence-electron chi connectivity index (χ2n) is 5.85. The fraction of sp³-hybridized carbons (Fsp3) is 0.353. The maximum atomic E-state index is 12.9. The highest BCUT2D eigenvalue weighted by Crippen LogP contribution is 2.28. The van der Waals surface area contributed by atoms with E-state index in [2.05, 4.69) is 21.2 Å². The van der Waals surface area contributed by atoms with Crippen LogP contribution in [0.15, 0.2) is 45.1 Å². The molecule has 0 aliphatic carbocycles. The summed E-state index contributed by atoms with van der Waals surface area (Å²) in [6, 6.07) is 8.83. The second-order valence-corrected chi connectivity index (χ2v) is 9.52. The van der Waals surface area contributed by atoms with E-state index < -0.39 is 15.9 Å². The van der Waals surface area contributed by atoms with E-state index in [1.807, 2.05) is 31.2 Å². The van der Waals surface area contributed by atoms with Gasteiger partial charge in [0.1, 0.15) is 9.77 Å². The van der Waals surface area contributed by atoms with E-state index in [4.69, 9.17) is 4.74 Å². The summed E-state index contributed by atoms with van der Waals surface area (Å²) in [6.45, 7) is 3.19. The van der Waals surface area contributed by atoms with Gasteiger partial charge < -0.3 is 10.1 Å². The Balaban J connectivity index is 1.81. The molecule has 0 radical (unpaired) electrons. The number of benzene rings is 1. The first-order valence-electron chi connectivity index (χ1n) is 8.12. The van der Waals surface area contributed by atoms with Gasteiger partial charge in [-0.05, 0) is 30.0 Å². The zero-order chi connectivity index (χ0) is 18.7. The van der Waals surface area contributed by atoms with Crippen molar-refractivity contribution in [1.29, 1.82) is 0 Å². The Hall–Kier alpha value is -1.26. The number of nitrogens with one attached hydrogen (secondary N) is 1. The van der Waals surface area contributed by atoms with Crippen LogP contribution in [0.25, 0.3) is 0 Å². The number of sulfonamides is 1. The summed E-state index contributed by atoms with van der Waals surface area (Å²) in [5.74, 6) is -0.393. The average molecular weight is 459 g/mol. The van der Waals surface area contributed by atoms with Gasteiger partial charge in [0.25, 0.3) is 5.91 Å². The SMILES string of the molecule is CC(NC(=O)c1sccc1S(=O)(=O)N1CCOCC1)c1ccccc1Br. The second kappa shape index (κ2) is 8.18. The lowest BCUT2D eigenvalue weighted by Gasteiger charge is -2.26. The largest absolute Gasteiger partial charge is 0.379 e. The van der Waals surface area contributed by atoms with Gasteiger partial charge in [-0.15, -0.1) is 11.3 Å². The quantitative estimate of drug-likeness (QED) is 0.746. The van der Waals surface area contributed by atoms with Crippen molar-refractivity contribution < 1.29 is 17.9 Å². The van der Waals surface area contributed by atoms with Gasteiger partial charge in [0.05, 0.1) is 19.3 Å². The van der Waals surface area contributed by atoms with Crippen LogP contribution in [-0.4, -0.2) is 44.9 Å². The zero-order valence-corrected chi connectivity index (χ0v) is 17.4. The molecule has 140 valence electrons. The predicted octanol–water partition coefficient (Wildman–Crippen LogP) is 3.02. The molecule has 1 aliphatic rings. The molecule has 1 saturated heterocycles. The number of carbonyl (C=O) groups is 1. The molecule has 3 rings (SSSR count). The van der Waals surface area contributed by atoms with Crippen molar-refractivity contribution in [2.75, 3.05) is 26.3 Å². The minimum atomic E-state index is -3.71. The molecule has 2 aromatic rings. The normalized spacial score (nSPS) is 17.0. The van der Waals surface area contributed by atoms with Gasteiger partial charge in [-0.3, -0.25) is 4.79 Å². The fourth-order valence-corrected chi connectivity index (χ4v) is 6.10. The lowest BCUT2D eigenvalue weighted by atomic mass is 10.1. The summed E-state index contributed by atoms with van der Waals surface area (Å²) in [5.41, 5.74) is 0.926. The third-order valence-corrected chi connectivity index (χ3v) is 7.85. The van der Waals surface area contributed by atoms with Crippen LogP contribution >= 0.6 is 27.3 Å². The number of nitrogens with zero attached hydrogens (tertiary/aromatic N) is 1. The first-order chi connectivity index (χ1) is 12.4. The number of halogens is 1. The van der Waals surface area contributed by atoms with Gasteiger partial charge in [-0.25, -0.2) is 8.42 Å². The molecule has 1 unspecified atom stereocenters. The Morgan fingerprint density at radius 1 is 1.27 bits per heavy atom. The summed E-state index contributed by atoms with van der Waals surface area (Å²) >= 11 is 4.60. The molecule has 1 aliphatic heterocycles. The van der Waals surface area contributed by atoms with Crippen LogP contribution in [0, 0.1) is 0 Å². The predicted molar refractivity (Wildman–Crippen MR) is 104 cm³/mol. The molecule has 1 aromatic heterocycles. The number of ether oxygens (including phenoxy) is 1. The Bertz CT molecular complexity index is 892. The number of amides is 1. The van der Waals surface area contributed by atoms with Crippen molar-refractivity contribution in [2.45, 2.75) is 17.9 Å². The Kier molecular flexibility index (Phi) is 6.13. The molecule has 1 aromatic carbocycles. The van der Waals surface area contributed by atoms with E-state index in [9.17, 15) is 13.2 Å². The number of morpholine rings is 1. The summed E-state index contributed by atoms with van der Waals surface area (Å²) in [7, 11) is -3.71. The van der Waals surface area contributed by atoms with E-state index >= 15 is 0 Å². The molecule has 9 heteroatoms. The molecule has 6 nitrogen and oxygen atoms in total. The highest BCUT2D eigenvalue weighted by Gasteiger charge is 2.31. The first kappa shape index (κ1) is 19.5. The summed E-state index contributed by atoms with van der Waals surface area (Å²) in [5, 5.41) is 4.52. The minimum absolute atomic E-state index is 0.0567. The van der Waals surface area contributed by atoms with Crippen molar-refractivity contribution in [2.24, 2.45) is 0 Å². The lowest BCUT2D eigenvalue weighted by molar-refractivity contribution is 0.0730. The van der Waals surface area contributed by atoms with E-state index in [1.165, 1.54) is 10.4 Å². The van der Waals surface area contributed by atoms with E-state index in [-0.39, 0.29) is 15.8 Å². The van der Waals surface area contributed by atoms with Crippen LogP contribution in [0.5, 0.6) is 0 Å². The molecule has 1 N–H and O–H groups in total. The summed E-state index contributed by atoms with van der Waals surface area (Å²) in [6.07, 6.45) is 0. The Morgan fingerprint density at radius 3 is 2.65 bits per heavy atom. The molecule has 26 heavy (non-hydrogen) atoms. The topological polar surface area (TPSA) is 75.7 Å². The monoisotopic (exact) mass is 458 g/mol. The summed E-state index contributed by atoms with van der Waals surface area (Å²) < 4.78 is 33.2. The van der Waals surface area contributed by atoms with E-state index in [1.54, 1.807) is 5.38 Å². The number of hydrogen-bond acceptors (Lipinski definition) is 5. The molecule has 0 saturated carbocycles. The van der Waals surface area contributed by atoms with E-state index in [0.29, 0.717) is 26.3 Å². The number of rotatable bonds is 5. The maximum Gasteiger partial charge on any atom is 0.263 e. The smallest absolute Gasteiger partial charge is 0.263 e. The van der Waals surface area contributed by atoms with Gasteiger partial charge in [0.2, 0.25) is 10.0 Å². The molecule has 1 fully saturated rings. The molecule has 1 amide bonds. The van der Waals surface area contributed by atoms with E-state index in [0.717, 1.165) is 21.4 Å². The third kappa shape index (κ3) is 4.01. The van der Waals surface area contributed by atoms with Crippen molar-refractivity contribution >= 4 is 43.2 Å². The van der Waals surface area contributed by atoms with Gasteiger partial charge in [0.15, 0.2) is 0 Å². The molecular weight excluding hydrogens is 440 g/mol. The van der Waals surface area contributed by atoms with Crippen LogP contribution < -0.4 is 5.32 Å². The summed E-state index contributed by atoms with van der Waals surface area (Å²) in [4.78, 5) is 13.0.